The van der Waals surface area contributed by atoms with Gasteiger partial charge in [-0.15, -0.1) is 11.8 Å². The minimum Gasteiger partial charge on any atom is -0.459 e. The second-order valence-corrected chi connectivity index (χ2v) is 6.31. The summed E-state index contributed by atoms with van der Waals surface area (Å²) in [6, 6.07) is 8.66. The van der Waals surface area contributed by atoms with E-state index in [0.717, 1.165) is 0 Å². The van der Waals surface area contributed by atoms with Crippen molar-refractivity contribution in [3.63, 3.8) is 0 Å². The Bertz CT molecular complexity index is 559. The molecular formula is C15H18N2O3S. The molecule has 0 aliphatic carbocycles. The van der Waals surface area contributed by atoms with E-state index in [2.05, 4.69) is 5.32 Å². The summed E-state index contributed by atoms with van der Waals surface area (Å²) in [6.45, 7) is 5.39. The third kappa shape index (κ3) is 7.37. The monoisotopic (exact) mass is 306 g/mol. The Morgan fingerprint density at radius 2 is 2.05 bits per heavy atom. The lowest BCUT2D eigenvalue weighted by Crippen LogP contribution is -2.25. The number of hydrogen-bond donors (Lipinski definition) is 1. The summed E-state index contributed by atoms with van der Waals surface area (Å²) in [7, 11) is 0. The van der Waals surface area contributed by atoms with Crippen LogP contribution >= 0.6 is 11.8 Å². The Morgan fingerprint density at radius 1 is 1.33 bits per heavy atom. The lowest BCUT2D eigenvalue weighted by molar-refractivity contribution is -0.151. The van der Waals surface area contributed by atoms with E-state index in [-0.39, 0.29) is 23.4 Å². The highest BCUT2D eigenvalue weighted by atomic mass is 32.2. The van der Waals surface area contributed by atoms with Crippen LogP contribution in [0.5, 0.6) is 0 Å². The number of rotatable bonds is 5. The summed E-state index contributed by atoms with van der Waals surface area (Å²) < 4.78 is 5.14. The minimum absolute atomic E-state index is 0.128. The molecule has 0 aliphatic rings. The normalized spacial score (nSPS) is 10.6. The molecule has 1 amide bonds. The standard InChI is InChI=1S/C15H18N2O3S/c1-15(2,3)20-14(19)10-21-9-13(18)17-12-6-4-5-11(7-12)8-16/h4-7H,9-10H2,1-3H3,(H,17,18). The van der Waals surface area contributed by atoms with Gasteiger partial charge in [-0.3, -0.25) is 9.59 Å². The van der Waals surface area contributed by atoms with Gasteiger partial charge >= 0.3 is 5.97 Å². The van der Waals surface area contributed by atoms with Gasteiger partial charge in [0.05, 0.1) is 23.1 Å². The zero-order valence-corrected chi connectivity index (χ0v) is 13.1. The Kier molecular flexibility index (Phi) is 6.25. The van der Waals surface area contributed by atoms with Crippen LogP contribution in [0.15, 0.2) is 24.3 Å². The van der Waals surface area contributed by atoms with Crippen LogP contribution in [0.2, 0.25) is 0 Å². The summed E-state index contributed by atoms with van der Waals surface area (Å²) in [5.41, 5.74) is 0.531. The van der Waals surface area contributed by atoms with Crippen molar-refractivity contribution in [1.29, 1.82) is 5.26 Å². The molecule has 0 aromatic heterocycles. The molecular weight excluding hydrogens is 288 g/mol. The largest absolute Gasteiger partial charge is 0.459 e. The number of thioether (sulfide) groups is 1. The Balaban J connectivity index is 2.35. The Morgan fingerprint density at radius 3 is 2.67 bits per heavy atom. The number of nitrogens with one attached hydrogen (secondary N) is 1. The first-order valence-electron chi connectivity index (χ1n) is 6.40. The van der Waals surface area contributed by atoms with Crippen LogP contribution < -0.4 is 5.32 Å². The van der Waals surface area contributed by atoms with Gasteiger partial charge in [-0.2, -0.15) is 5.26 Å². The van der Waals surface area contributed by atoms with E-state index in [0.29, 0.717) is 11.3 Å². The zero-order valence-electron chi connectivity index (χ0n) is 12.3. The van der Waals surface area contributed by atoms with Crippen LogP contribution in [0.3, 0.4) is 0 Å². The van der Waals surface area contributed by atoms with E-state index < -0.39 is 5.60 Å². The first kappa shape index (κ1) is 17.1. The van der Waals surface area contributed by atoms with Crippen LogP contribution in [-0.4, -0.2) is 29.0 Å². The molecule has 1 aromatic rings. The fraction of sp³-hybridized carbons (Fsp3) is 0.400. The summed E-state index contributed by atoms with van der Waals surface area (Å²) in [5, 5.41) is 11.4. The Hall–Kier alpha value is -2.00. The van der Waals surface area contributed by atoms with Gasteiger partial charge in [0.15, 0.2) is 0 Å². The van der Waals surface area contributed by atoms with E-state index in [1.54, 1.807) is 45.0 Å². The van der Waals surface area contributed by atoms with Crippen molar-refractivity contribution in [1.82, 2.24) is 0 Å². The first-order valence-corrected chi connectivity index (χ1v) is 7.55. The predicted octanol–water partition coefficient (Wildman–Crippen LogP) is 2.57. The molecule has 0 fully saturated rings. The van der Waals surface area contributed by atoms with Gasteiger partial charge in [0, 0.05) is 5.69 Å². The minimum atomic E-state index is -0.516. The Labute approximate surface area is 128 Å². The highest BCUT2D eigenvalue weighted by molar-refractivity contribution is 8.00. The molecule has 0 radical (unpaired) electrons. The second-order valence-electron chi connectivity index (χ2n) is 5.32. The lowest BCUT2D eigenvalue weighted by atomic mass is 10.2. The van der Waals surface area contributed by atoms with Crippen molar-refractivity contribution in [2.24, 2.45) is 0 Å². The molecule has 6 heteroatoms. The SMILES string of the molecule is CC(C)(C)OC(=O)CSCC(=O)Nc1cccc(C#N)c1. The smallest absolute Gasteiger partial charge is 0.316 e. The summed E-state index contributed by atoms with van der Waals surface area (Å²) in [5.74, 6) is -0.288. The average molecular weight is 306 g/mol. The number of hydrogen-bond acceptors (Lipinski definition) is 5. The third-order valence-corrected chi connectivity index (χ3v) is 3.05. The molecule has 0 spiro atoms. The number of esters is 1. The molecule has 21 heavy (non-hydrogen) atoms. The van der Waals surface area contributed by atoms with Crippen LogP contribution in [0.1, 0.15) is 26.3 Å². The second kappa shape index (κ2) is 7.70. The van der Waals surface area contributed by atoms with Crippen molar-refractivity contribution < 1.29 is 14.3 Å². The van der Waals surface area contributed by atoms with Gasteiger partial charge in [-0.25, -0.2) is 0 Å². The van der Waals surface area contributed by atoms with Crippen molar-refractivity contribution in [3.05, 3.63) is 29.8 Å². The fourth-order valence-corrected chi connectivity index (χ4v) is 2.05. The molecule has 5 nitrogen and oxygen atoms in total. The third-order valence-electron chi connectivity index (χ3n) is 2.15. The van der Waals surface area contributed by atoms with Gasteiger partial charge in [-0.1, -0.05) is 6.07 Å². The molecule has 0 aliphatic heterocycles. The molecule has 0 heterocycles. The maximum absolute atomic E-state index is 11.7. The van der Waals surface area contributed by atoms with Crippen molar-refractivity contribution >= 4 is 29.3 Å². The zero-order chi connectivity index (χ0) is 15.9. The van der Waals surface area contributed by atoms with E-state index in [1.165, 1.54) is 11.8 Å². The lowest BCUT2D eigenvalue weighted by Gasteiger charge is -2.19. The van der Waals surface area contributed by atoms with Crippen molar-refractivity contribution in [2.45, 2.75) is 26.4 Å². The van der Waals surface area contributed by atoms with Crippen LogP contribution in [0, 0.1) is 11.3 Å². The number of nitrogens with zero attached hydrogens (tertiary/aromatic N) is 1. The fourth-order valence-electron chi connectivity index (χ4n) is 1.46. The highest BCUT2D eigenvalue weighted by Crippen LogP contribution is 2.12. The summed E-state index contributed by atoms with van der Waals surface area (Å²) in [4.78, 5) is 23.2. The number of carbonyl (C=O) groups excluding carboxylic acids is 2. The average Bonchev–Trinajstić information content (AvgIpc) is 2.36. The van der Waals surface area contributed by atoms with Crippen LogP contribution in [0.25, 0.3) is 0 Å². The first-order chi connectivity index (χ1) is 9.80. The van der Waals surface area contributed by atoms with Crippen molar-refractivity contribution in [3.8, 4) is 6.07 Å². The molecule has 0 atom stereocenters. The highest BCUT2D eigenvalue weighted by Gasteiger charge is 2.16. The number of nitriles is 1. The van der Waals surface area contributed by atoms with E-state index in [4.69, 9.17) is 10.00 Å². The number of carbonyl (C=O) groups is 2. The summed E-state index contributed by atoms with van der Waals surface area (Å²) >= 11 is 1.19. The van der Waals surface area contributed by atoms with Gasteiger partial charge in [0.25, 0.3) is 0 Å². The molecule has 0 unspecified atom stereocenters. The number of benzene rings is 1. The van der Waals surface area contributed by atoms with Crippen LogP contribution in [-0.2, 0) is 14.3 Å². The van der Waals surface area contributed by atoms with Gasteiger partial charge in [0.1, 0.15) is 5.60 Å². The molecule has 0 saturated heterocycles. The summed E-state index contributed by atoms with van der Waals surface area (Å²) in [6.07, 6.45) is 0. The van der Waals surface area contributed by atoms with Crippen LogP contribution in [0.4, 0.5) is 5.69 Å². The van der Waals surface area contributed by atoms with E-state index >= 15 is 0 Å². The molecule has 1 rings (SSSR count). The number of anilines is 1. The molecule has 0 bridgehead atoms. The predicted molar refractivity (Wildman–Crippen MR) is 83.0 cm³/mol. The maximum Gasteiger partial charge on any atom is 0.316 e. The van der Waals surface area contributed by atoms with Gasteiger partial charge in [-0.05, 0) is 39.0 Å². The molecule has 112 valence electrons. The van der Waals surface area contributed by atoms with Crippen molar-refractivity contribution in [2.75, 3.05) is 16.8 Å². The molecule has 0 saturated carbocycles. The number of amides is 1. The van der Waals surface area contributed by atoms with E-state index in [9.17, 15) is 9.59 Å². The molecule has 1 aromatic carbocycles. The maximum atomic E-state index is 11.7. The van der Waals surface area contributed by atoms with Gasteiger partial charge in [0.2, 0.25) is 5.91 Å². The quantitative estimate of drug-likeness (QED) is 0.846. The van der Waals surface area contributed by atoms with E-state index in [1.807, 2.05) is 6.07 Å². The topological polar surface area (TPSA) is 79.2 Å². The number of ether oxygens (including phenoxy) is 1. The molecule has 1 N–H and O–H groups in total. The van der Waals surface area contributed by atoms with Gasteiger partial charge < -0.3 is 10.1 Å².